The molecule has 0 aromatic carbocycles. The molecule has 0 spiro atoms. The molecule has 0 bridgehead atoms. The van der Waals surface area contributed by atoms with E-state index in [4.69, 9.17) is 0 Å². The van der Waals surface area contributed by atoms with Gasteiger partial charge in [-0.05, 0) is 6.42 Å². The summed E-state index contributed by atoms with van der Waals surface area (Å²) in [6.45, 7) is 2.69. The monoisotopic (exact) mass is 243 g/mol. The van der Waals surface area contributed by atoms with Gasteiger partial charge >= 0.3 is 0 Å². The highest BCUT2D eigenvalue weighted by Crippen LogP contribution is 2.11. The molecule has 0 saturated carbocycles. The van der Waals surface area contributed by atoms with E-state index in [0.29, 0.717) is 6.54 Å². The van der Waals surface area contributed by atoms with Gasteiger partial charge in [0, 0.05) is 24.1 Å². The van der Waals surface area contributed by atoms with Gasteiger partial charge in [-0.1, -0.05) is 22.6 Å². The van der Waals surface area contributed by atoms with Crippen LogP contribution in [-0.2, 0) is 0 Å². The van der Waals surface area contributed by atoms with Gasteiger partial charge in [-0.15, -0.1) is 0 Å². The molecule has 1 aliphatic rings. The minimum atomic E-state index is -0.548. The topological polar surface area (TPSA) is 3.24 Å². The van der Waals surface area contributed by atoms with E-state index in [1.807, 2.05) is 0 Å². The Labute approximate surface area is 68.7 Å². The van der Waals surface area contributed by atoms with Gasteiger partial charge in [0.2, 0.25) is 0 Å². The fourth-order valence-corrected chi connectivity index (χ4v) is 1.79. The van der Waals surface area contributed by atoms with Crippen molar-refractivity contribution in [2.24, 2.45) is 0 Å². The molecule has 0 amide bonds. The van der Waals surface area contributed by atoms with E-state index in [0.717, 1.165) is 23.9 Å². The van der Waals surface area contributed by atoms with Crippen molar-refractivity contribution in [3.05, 3.63) is 0 Å². The van der Waals surface area contributed by atoms with Crippen molar-refractivity contribution < 1.29 is 4.39 Å². The van der Waals surface area contributed by atoms with Gasteiger partial charge in [0.05, 0.1) is 0 Å². The third kappa shape index (κ3) is 2.37. The van der Waals surface area contributed by atoms with Crippen molar-refractivity contribution in [1.29, 1.82) is 0 Å². The Balaban J connectivity index is 2.14. The van der Waals surface area contributed by atoms with Crippen molar-refractivity contribution in [2.45, 2.75) is 12.6 Å². The van der Waals surface area contributed by atoms with Crippen LogP contribution in [0.5, 0.6) is 0 Å². The van der Waals surface area contributed by atoms with Gasteiger partial charge in [0.25, 0.3) is 0 Å². The highest BCUT2D eigenvalue weighted by Gasteiger charge is 2.20. The molecule has 0 aromatic heterocycles. The largest absolute Gasteiger partial charge is 0.300 e. The van der Waals surface area contributed by atoms with Crippen molar-refractivity contribution >= 4 is 22.6 Å². The van der Waals surface area contributed by atoms with Crippen LogP contribution in [0.3, 0.4) is 0 Å². The molecule has 1 atom stereocenters. The standard InChI is InChI=1S/C6H11FIN/c7-6-1-3-9(5-6)4-2-8/h6H,1-5H2/t6-/m1/s1. The van der Waals surface area contributed by atoms with Crippen LogP contribution in [0.2, 0.25) is 0 Å². The summed E-state index contributed by atoms with van der Waals surface area (Å²) in [7, 11) is 0. The zero-order valence-electron chi connectivity index (χ0n) is 5.32. The normalized spacial score (nSPS) is 29.3. The molecular weight excluding hydrogens is 232 g/mol. The number of alkyl halides is 2. The highest BCUT2D eigenvalue weighted by atomic mass is 127. The Kier molecular flexibility index (Phi) is 3.18. The summed E-state index contributed by atoms with van der Waals surface area (Å²) in [4.78, 5) is 2.18. The smallest absolute Gasteiger partial charge is 0.114 e. The Morgan fingerprint density at radius 1 is 1.67 bits per heavy atom. The molecule has 3 heteroatoms. The molecule has 1 fully saturated rings. The lowest BCUT2D eigenvalue weighted by atomic mass is 10.3. The maximum absolute atomic E-state index is 12.5. The molecule has 0 radical (unpaired) electrons. The average Bonchev–Trinajstić information content (AvgIpc) is 2.17. The minimum absolute atomic E-state index is 0.548. The van der Waals surface area contributed by atoms with Crippen molar-refractivity contribution in [3.63, 3.8) is 0 Å². The van der Waals surface area contributed by atoms with Crippen LogP contribution in [0, 0.1) is 0 Å². The molecule has 0 unspecified atom stereocenters. The van der Waals surface area contributed by atoms with Gasteiger partial charge in [-0.25, -0.2) is 4.39 Å². The van der Waals surface area contributed by atoms with E-state index < -0.39 is 6.17 Å². The van der Waals surface area contributed by atoms with E-state index >= 15 is 0 Å². The molecule has 1 heterocycles. The lowest BCUT2D eigenvalue weighted by Gasteiger charge is -2.10. The van der Waals surface area contributed by atoms with E-state index in [1.165, 1.54) is 0 Å². The predicted octanol–water partition coefficient (Wildman–Crippen LogP) is 1.47. The number of nitrogens with zero attached hydrogens (tertiary/aromatic N) is 1. The second-order valence-corrected chi connectivity index (χ2v) is 3.45. The van der Waals surface area contributed by atoms with E-state index in [-0.39, 0.29) is 0 Å². The average molecular weight is 243 g/mol. The molecule has 1 nitrogen and oxygen atoms in total. The van der Waals surface area contributed by atoms with Crippen molar-refractivity contribution in [3.8, 4) is 0 Å². The summed E-state index contributed by atoms with van der Waals surface area (Å²) < 4.78 is 13.6. The summed E-state index contributed by atoms with van der Waals surface area (Å²) in [6.07, 6.45) is 0.198. The quantitative estimate of drug-likeness (QED) is 0.524. The number of likely N-dealkylation sites (tertiary alicyclic amines) is 1. The second-order valence-electron chi connectivity index (χ2n) is 2.38. The Morgan fingerprint density at radius 2 is 2.44 bits per heavy atom. The first kappa shape index (κ1) is 7.72. The zero-order valence-corrected chi connectivity index (χ0v) is 7.47. The maximum Gasteiger partial charge on any atom is 0.114 e. The van der Waals surface area contributed by atoms with Crippen LogP contribution in [0.15, 0.2) is 0 Å². The van der Waals surface area contributed by atoms with Gasteiger partial charge in [-0.2, -0.15) is 0 Å². The van der Waals surface area contributed by atoms with Crippen molar-refractivity contribution in [2.75, 3.05) is 24.1 Å². The predicted molar refractivity (Wildman–Crippen MR) is 44.8 cm³/mol. The van der Waals surface area contributed by atoms with Crippen LogP contribution in [0.1, 0.15) is 6.42 Å². The second kappa shape index (κ2) is 3.71. The van der Waals surface area contributed by atoms with Gasteiger partial charge in [0.1, 0.15) is 6.17 Å². The molecule has 1 rings (SSSR count). The summed E-state index contributed by atoms with van der Waals surface area (Å²) in [6, 6.07) is 0. The minimum Gasteiger partial charge on any atom is -0.300 e. The molecular formula is C6H11FIN. The van der Waals surface area contributed by atoms with E-state index in [2.05, 4.69) is 27.5 Å². The first-order valence-electron chi connectivity index (χ1n) is 3.25. The zero-order chi connectivity index (χ0) is 6.69. The summed E-state index contributed by atoms with van der Waals surface area (Å²) in [5.41, 5.74) is 0. The SMILES string of the molecule is F[C@@H]1CCN(CCI)C1. The van der Waals surface area contributed by atoms with Crippen LogP contribution in [0.25, 0.3) is 0 Å². The molecule has 0 aromatic rings. The van der Waals surface area contributed by atoms with Gasteiger partial charge in [0.15, 0.2) is 0 Å². The molecule has 54 valence electrons. The maximum atomic E-state index is 12.5. The molecule has 0 N–H and O–H groups in total. The van der Waals surface area contributed by atoms with Crippen LogP contribution in [-0.4, -0.2) is 35.1 Å². The van der Waals surface area contributed by atoms with E-state index in [1.54, 1.807) is 0 Å². The lowest BCUT2D eigenvalue weighted by molar-refractivity contribution is 0.300. The number of rotatable bonds is 2. The van der Waals surface area contributed by atoms with Gasteiger partial charge < -0.3 is 0 Å². The third-order valence-electron chi connectivity index (χ3n) is 1.62. The third-order valence-corrected chi connectivity index (χ3v) is 2.10. The first-order chi connectivity index (χ1) is 4.33. The van der Waals surface area contributed by atoms with Crippen molar-refractivity contribution in [1.82, 2.24) is 4.90 Å². The molecule has 1 saturated heterocycles. The van der Waals surface area contributed by atoms with Crippen LogP contribution in [0.4, 0.5) is 4.39 Å². The molecule has 1 aliphatic heterocycles. The fraction of sp³-hybridized carbons (Fsp3) is 1.00. The fourth-order valence-electron chi connectivity index (χ4n) is 1.11. The first-order valence-corrected chi connectivity index (χ1v) is 4.78. The Morgan fingerprint density at radius 3 is 2.89 bits per heavy atom. The summed E-state index contributed by atoms with van der Waals surface area (Å²) in [5.74, 6) is 0. The number of hydrogen-bond acceptors (Lipinski definition) is 1. The molecule has 0 aliphatic carbocycles. The number of hydrogen-bond donors (Lipinski definition) is 0. The van der Waals surface area contributed by atoms with Gasteiger partial charge in [-0.3, -0.25) is 4.90 Å². The van der Waals surface area contributed by atoms with Crippen LogP contribution >= 0.6 is 22.6 Å². The highest BCUT2D eigenvalue weighted by molar-refractivity contribution is 14.1. The molecule has 9 heavy (non-hydrogen) atoms. The Hall–Kier alpha value is 0.620. The lowest BCUT2D eigenvalue weighted by Crippen LogP contribution is -2.22. The van der Waals surface area contributed by atoms with Crippen LogP contribution < -0.4 is 0 Å². The Bertz CT molecular complexity index is 87.1. The number of halogens is 2. The summed E-state index contributed by atoms with van der Waals surface area (Å²) in [5, 5.41) is 0. The van der Waals surface area contributed by atoms with E-state index in [9.17, 15) is 4.39 Å². The summed E-state index contributed by atoms with van der Waals surface area (Å²) >= 11 is 2.32.